The maximum absolute atomic E-state index is 13.8. The van der Waals surface area contributed by atoms with E-state index in [0.29, 0.717) is 54.5 Å². The fourth-order valence-electron chi connectivity index (χ4n) is 4.92. The van der Waals surface area contributed by atoms with Gasteiger partial charge in [-0.25, -0.2) is 0 Å². The van der Waals surface area contributed by atoms with E-state index in [2.05, 4.69) is 5.92 Å². The van der Waals surface area contributed by atoms with Crippen molar-refractivity contribution in [2.75, 3.05) is 23.0 Å². The normalized spacial score (nSPS) is 15.9. The number of hydrogen-bond acceptors (Lipinski definition) is 5. The molecule has 3 aromatic carbocycles. The third-order valence-corrected chi connectivity index (χ3v) is 6.99. The lowest BCUT2D eigenvalue weighted by atomic mass is 9.89. The van der Waals surface area contributed by atoms with E-state index in [1.165, 1.54) is 0 Å². The Labute approximate surface area is 239 Å². The molecule has 2 amide bonds. The van der Waals surface area contributed by atoms with Gasteiger partial charge in [0.05, 0.1) is 19.3 Å². The molecule has 0 aromatic heterocycles. The van der Waals surface area contributed by atoms with E-state index < -0.39 is 5.91 Å². The average molecular weight is 559 g/mol. The van der Waals surface area contributed by atoms with Crippen LogP contribution in [-0.4, -0.2) is 37.0 Å². The van der Waals surface area contributed by atoms with E-state index in [4.69, 9.17) is 27.5 Å². The van der Waals surface area contributed by atoms with Gasteiger partial charge >= 0.3 is 11.9 Å². The molecule has 7 nitrogen and oxygen atoms in total. The SMILES string of the molecule is C#CC(=O)N(c1ccc(Cl)cc1)[C@@H]1C[C@H](C)N(C(=O)c2ccc(OCCCC(=O)OCC)cc2)c2ccccc21. The summed E-state index contributed by atoms with van der Waals surface area (Å²) in [5, 5.41) is 0.555. The number of rotatable bonds is 9. The highest BCUT2D eigenvalue weighted by Crippen LogP contribution is 2.43. The van der Waals surface area contributed by atoms with Crippen LogP contribution in [0, 0.1) is 12.3 Å². The molecule has 1 aliphatic heterocycles. The van der Waals surface area contributed by atoms with Crippen molar-refractivity contribution in [1.29, 1.82) is 0 Å². The van der Waals surface area contributed by atoms with Gasteiger partial charge in [-0.1, -0.05) is 29.8 Å². The maximum Gasteiger partial charge on any atom is 0.305 e. The Kier molecular flexibility index (Phi) is 9.47. The van der Waals surface area contributed by atoms with Crippen LogP contribution in [-0.2, 0) is 14.3 Å². The van der Waals surface area contributed by atoms with Gasteiger partial charge in [0, 0.05) is 34.4 Å². The second-order valence-corrected chi connectivity index (χ2v) is 9.85. The van der Waals surface area contributed by atoms with Crippen LogP contribution in [0.2, 0.25) is 5.02 Å². The van der Waals surface area contributed by atoms with Crippen molar-refractivity contribution in [2.24, 2.45) is 0 Å². The zero-order chi connectivity index (χ0) is 28.6. The smallest absolute Gasteiger partial charge is 0.305 e. The van der Waals surface area contributed by atoms with Crippen LogP contribution in [0.25, 0.3) is 0 Å². The summed E-state index contributed by atoms with van der Waals surface area (Å²) in [5.74, 6) is 1.99. The molecule has 0 saturated heterocycles. The molecule has 2 atom stereocenters. The van der Waals surface area contributed by atoms with Gasteiger partial charge in [-0.05, 0) is 92.8 Å². The summed E-state index contributed by atoms with van der Waals surface area (Å²) in [5.41, 5.74) is 2.69. The Morgan fingerprint density at radius 2 is 1.75 bits per heavy atom. The molecule has 0 bridgehead atoms. The number of nitrogens with zero attached hydrogens (tertiary/aromatic N) is 2. The summed E-state index contributed by atoms with van der Waals surface area (Å²) in [4.78, 5) is 41.6. The van der Waals surface area contributed by atoms with Crippen LogP contribution >= 0.6 is 11.6 Å². The van der Waals surface area contributed by atoms with Gasteiger partial charge in [-0.3, -0.25) is 19.3 Å². The number of fused-ring (bicyclic) bond motifs is 1. The zero-order valence-electron chi connectivity index (χ0n) is 22.5. The molecule has 1 aliphatic rings. The van der Waals surface area contributed by atoms with Crippen LogP contribution in [0.1, 0.15) is 55.1 Å². The molecule has 0 N–H and O–H groups in total. The molecule has 0 radical (unpaired) electrons. The Bertz CT molecular complexity index is 1400. The van der Waals surface area contributed by atoms with Crippen LogP contribution in [0.15, 0.2) is 72.8 Å². The Morgan fingerprint density at radius 1 is 1.05 bits per heavy atom. The van der Waals surface area contributed by atoms with Crippen molar-refractivity contribution in [3.05, 3.63) is 88.9 Å². The van der Waals surface area contributed by atoms with Gasteiger partial charge in [0.2, 0.25) is 0 Å². The van der Waals surface area contributed by atoms with Gasteiger partial charge in [0.25, 0.3) is 5.91 Å². The number of halogens is 1. The maximum atomic E-state index is 13.8. The molecule has 0 saturated carbocycles. The molecule has 0 fully saturated rings. The Morgan fingerprint density at radius 3 is 2.42 bits per heavy atom. The highest BCUT2D eigenvalue weighted by atomic mass is 35.5. The lowest BCUT2D eigenvalue weighted by Gasteiger charge is -2.43. The number of amides is 2. The largest absolute Gasteiger partial charge is 0.494 e. The number of para-hydroxylation sites is 1. The molecule has 0 spiro atoms. The van der Waals surface area contributed by atoms with Crippen molar-refractivity contribution >= 4 is 40.8 Å². The third kappa shape index (κ3) is 6.47. The van der Waals surface area contributed by atoms with E-state index in [-0.39, 0.29) is 24.0 Å². The van der Waals surface area contributed by atoms with E-state index in [1.54, 1.807) is 65.3 Å². The second kappa shape index (κ2) is 13.2. The quantitative estimate of drug-likeness (QED) is 0.177. The van der Waals surface area contributed by atoms with Gasteiger partial charge < -0.3 is 14.4 Å². The molecule has 0 aliphatic carbocycles. The van der Waals surface area contributed by atoms with E-state index in [0.717, 1.165) is 11.3 Å². The minimum Gasteiger partial charge on any atom is -0.494 e. The van der Waals surface area contributed by atoms with Gasteiger partial charge in [0.1, 0.15) is 5.75 Å². The number of terminal acetylenes is 1. The summed E-state index contributed by atoms with van der Waals surface area (Å²) in [6, 6.07) is 20.9. The predicted octanol–water partition coefficient (Wildman–Crippen LogP) is 6.21. The Hall–Kier alpha value is -4.28. The number of esters is 1. The van der Waals surface area contributed by atoms with Crippen molar-refractivity contribution < 1.29 is 23.9 Å². The molecule has 0 unspecified atom stereocenters. The molecular weight excluding hydrogens is 528 g/mol. The molecule has 1 heterocycles. The minimum atomic E-state index is -0.466. The topological polar surface area (TPSA) is 76.2 Å². The highest BCUT2D eigenvalue weighted by molar-refractivity contribution is 6.30. The minimum absolute atomic E-state index is 0.159. The number of hydrogen-bond donors (Lipinski definition) is 0. The van der Waals surface area contributed by atoms with Crippen molar-refractivity contribution in [3.8, 4) is 18.1 Å². The number of carbonyl (C=O) groups is 3. The second-order valence-electron chi connectivity index (χ2n) is 9.41. The standard InChI is InChI=1S/C32H31ClN2O5/c1-4-30(36)35(25-16-14-24(33)15-17-25)29-21-22(3)34(28-10-7-6-9-27(28)29)32(38)23-12-18-26(19-13-23)40-20-8-11-31(37)39-5-2/h1,6-7,9-10,12-19,22,29H,5,8,11,20-21H2,2-3H3/t22-,29+/m0/s1. The van der Waals surface area contributed by atoms with Crippen molar-refractivity contribution in [2.45, 2.75) is 45.2 Å². The summed E-state index contributed by atoms with van der Waals surface area (Å²) >= 11 is 6.08. The monoisotopic (exact) mass is 558 g/mol. The number of benzene rings is 3. The summed E-state index contributed by atoms with van der Waals surface area (Å²) < 4.78 is 10.6. The molecule has 206 valence electrons. The summed E-state index contributed by atoms with van der Waals surface area (Å²) in [6.45, 7) is 4.46. The molecule has 4 rings (SSSR count). The van der Waals surface area contributed by atoms with E-state index in [9.17, 15) is 14.4 Å². The molecule has 40 heavy (non-hydrogen) atoms. The first-order chi connectivity index (χ1) is 19.3. The predicted molar refractivity (Wildman–Crippen MR) is 156 cm³/mol. The first kappa shape index (κ1) is 28.7. The van der Waals surface area contributed by atoms with Crippen LogP contribution in [0.4, 0.5) is 11.4 Å². The van der Waals surface area contributed by atoms with E-state index >= 15 is 0 Å². The molecule has 3 aromatic rings. The van der Waals surface area contributed by atoms with Gasteiger partial charge in [0.15, 0.2) is 0 Å². The fourth-order valence-corrected chi connectivity index (χ4v) is 5.04. The Balaban J connectivity index is 1.54. The van der Waals surface area contributed by atoms with E-state index in [1.807, 2.05) is 31.2 Å². The molecular formula is C32H31ClN2O5. The van der Waals surface area contributed by atoms with Crippen LogP contribution in [0.3, 0.4) is 0 Å². The zero-order valence-corrected chi connectivity index (χ0v) is 23.3. The highest BCUT2D eigenvalue weighted by Gasteiger charge is 2.38. The van der Waals surface area contributed by atoms with Gasteiger partial charge in [-0.2, -0.15) is 0 Å². The average Bonchev–Trinajstić information content (AvgIpc) is 2.96. The van der Waals surface area contributed by atoms with Gasteiger partial charge in [-0.15, -0.1) is 6.42 Å². The fraction of sp³-hybridized carbons (Fsp3) is 0.281. The lowest BCUT2D eigenvalue weighted by Crippen LogP contribution is -2.47. The number of ether oxygens (including phenoxy) is 2. The summed E-state index contributed by atoms with van der Waals surface area (Å²) in [6.07, 6.45) is 6.88. The number of carbonyl (C=O) groups excluding carboxylic acids is 3. The lowest BCUT2D eigenvalue weighted by molar-refractivity contribution is -0.143. The molecule has 8 heteroatoms. The first-order valence-corrected chi connectivity index (χ1v) is 13.6. The first-order valence-electron chi connectivity index (χ1n) is 13.2. The van der Waals surface area contributed by atoms with Crippen molar-refractivity contribution in [3.63, 3.8) is 0 Å². The third-order valence-electron chi connectivity index (χ3n) is 6.74. The van der Waals surface area contributed by atoms with Crippen LogP contribution in [0.5, 0.6) is 5.75 Å². The van der Waals surface area contributed by atoms with Crippen LogP contribution < -0.4 is 14.5 Å². The van der Waals surface area contributed by atoms with Crippen molar-refractivity contribution in [1.82, 2.24) is 0 Å². The number of anilines is 2. The summed E-state index contributed by atoms with van der Waals surface area (Å²) in [7, 11) is 0.